The average Bonchev–Trinajstić information content (AvgIpc) is 2.68. The largest absolute Gasteiger partial charge is 0.399 e. The van der Waals surface area contributed by atoms with E-state index in [2.05, 4.69) is 64.6 Å². The molecule has 0 saturated heterocycles. The van der Waals surface area contributed by atoms with Crippen molar-refractivity contribution in [3.63, 3.8) is 0 Å². The van der Waals surface area contributed by atoms with Gasteiger partial charge in [-0.15, -0.1) is 6.58 Å². The molecule has 1 aromatic carbocycles. The van der Waals surface area contributed by atoms with Crippen LogP contribution in [0.3, 0.4) is 0 Å². The van der Waals surface area contributed by atoms with E-state index in [-0.39, 0.29) is 0 Å². The predicted octanol–water partition coefficient (Wildman–Crippen LogP) is 8.95. The maximum absolute atomic E-state index is 5.81. The van der Waals surface area contributed by atoms with Gasteiger partial charge >= 0.3 is 0 Å². The van der Waals surface area contributed by atoms with E-state index in [4.69, 9.17) is 5.73 Å². The van der Waals surface area contributed by atoms with Gasteiger partial charge in [-0.1, -0.05) is 90.8 Å². The minimum atomic E-state index is 0.482. The van der Waals surface area contributed by atoms with E-state index in [1.54, 1.807) is 6.08 Å². The molecule has 1 unspecified atom stereocenters. The van der Waals surface area contributed by atoms with E-state index in [1.807, 2.05) is 46.8 Å². The van der Waals surface area contributed by atoms with Gasteiger partial charge in [-0.25, -0.2) is 0 Å². The van der Waals surface area contributed by atoms with E-state index in [1.165, 1.54) is 30.4 Å². The highest BCUT2D eigenvalue weighted by Gasteiger charge is 2.14. The molecule has 0 bridgehead atoms. The first-order chi connectivity index (χ1) is 13.0. The molecule has 27 heavy (non-hydrogen) atoms. The van der Waals surface area contributed by atoms with E-state index in [9.17, 15) is 0 Å². The highest BCUT2D eigenvalue weighted by Crippen LogP contribution is 2.31. The molecule has 1 aromatic rings. The summed E-state index contributed by atoms with van der Waals surface area (Å²) in [6.45, 7) is 22.0. The monoisotopic (exact) mass is 373 g/mol. The fourth-order valence-electron chi connectivity index (χ4n) is 2.59. The molecule has 0 saturated carbocycles. The van der Waals surface area contributed by atoms with Crippen LogP contribution in [0.5, 0.6) is 0 Å². The molecule has 156 valence electrons. The van der Waals surface area contributed by atoms with E-state index in [0.29, 0.717) is 5.92 Å². The van der Waals surface area contributed by atoms with E-state index < -0.39 is 0 Å². The van der Waals surface area contributed by atoms with Crippen LogP contribution in [0.4, 0.5) is 5.69 Å². The molecule has 0 fully saturated rings. The van der Waals surface area contributed by atoms with Crippen molar-refractivity contribution in [1.29, 1.82) is 0 Å². The summed E-state index contributed by atoms with van der Waals surface area (Å²) in [6, 6.07) is 8.35. The first kappa shape index (κ1) is 30.0. The number of allylic oxidation sites excluding steroid dienone is 5. The van der Waals surface area contributed by atoms with Gasteiger partial charge < -0.3 is 5.73 Å². The van der Waals surface area contributed by atoms with Gasteiger partial charge in [0.2, 0.25) is 0 Å². The fourth-order valence-corrected chi connectivity index (χ4v) is 2.59. The number of hydrogen-bond donors (Lipinski definition) is 1. The Balaban J connectivity index is -0.000000725. The van der Waals surface area contributed by atoms with Gasteiger partial charge in [0.15, 0.2) is 0 Å². The van der Waals surface area contributed by atoms with Crippen LogP contribution in [0.25, 0.3) is 0 Å². The van der Waals surface area contributed by atoms with Crippen LogP contribution in [0.15, 0.2) is 60.7 Å². The number of benzene rings is 1. The van der Waals surface area contributed by atoms with Crippen molar-refractivity contribution < 1.29 is 0 Å². The molecule has 1 nitrogen and oxygen atoms in total. The van der Waals surface area contributed by atoms with Gasteiger partial charge in [0, 0.05) is 11.6 Å². The van der Waals surface area contributed by atoms with Gasteiger partial charge in [0.25, 0.3) is 0 Å². The molecule has 1 heteroatoms. The zero-order chi connectivity index (χ0) is 21.7. The second kappa shape index (κ2) is 22.3. The van der Waals surface area contributed by atoms with Crippen molar-refractivity contribution in [2.24, 2.45) is 5.92 Å². The Bertz CT molecular complexity index is 477. The fraction of sp³-hybridized carbons (Fsp3) is 0.538. The molecule has 0 radical (unpaired) electrons. The minimum absolute atomic E-state index is 0.482. The number of hydrogen-bond acceptors (Lipinski definition) is 1. The highest BCUT2D eigenvalue weighted by molar-refractivity contribution is 5.43. The van der Waals surface area contributed by atoms with Crippen molar-refractivity contribution in [2.75, 3.05) is 5.73 Å². The van der Waals surface area contributed by atoms with Gasteiger partial charge in [-0.3, -0.25) is 0 Å². The molecule has 0 heterocycles. The van der Waals surface area contributed by atoms with Crippen molar-refractivity contribution >= 4 is 5.69 Å². The lowest BCUT2D eigenvalue weighted by Gasteiger charge is -2.20. The second-order valence-electron chi connectivity index (χ2n) is 6.24. The summed E-state index contributed by atoms with van der Waals surface area (Å²) in [4.78, 5) is 0. The third-order valence-electron chi connectivity index (χ3n) is 3.71. The molecule has 0 aliphatic carbocycles. The molecule has 0 aromatic heterocycles. The Morgan fingerprint density at radius 3 is 1.81 bits per heavy atom. The summed E-state index contributed by atoms with van der Waals surface area (Å²) in [6.07, 6.45) is 12.1. The molecule has 1 rings (SSSR count). The zero-order valence-electron chi connectivity index (χ0n) is 19.7. The summed E-state index contributed by atoms with van der Waals surface area (Å²) in [5.41, 5.74) is 9.41. The molecule has 0 spiro atoms. The number of rotatable bonds is 7. The predicted molar refractivity (Wildman–Crippen MR) is 129 cm³/mol. The van der Waals surface area contributed by atoms with Crippen molar-refractivity contribution in [3.8, 4) is 0 Å². The Morgan fingerprint density at radius 1 is 0.963 bits per heavy atom. The van der Waals surface area contributed by atoms with E-state index >= 15 is 0 Å². The maximum atomic E-state index is 5.81. The Morgan fingerprint density at radius 2 is 1.44 bits per heavy atom. The second-order valence-corrected chi connectivity index (χ2v) is 6.24. The molecule has 2 N–H and O–H groups in total. The minimum Gasteiger partial charge on any atom is -0.399 e. The topological polar surface area (TPSA) is 26.0 Å². The van der Waals surface area contributed by atoms with E-state index in [0.717, 1.165) is 11.6 Å². The number of anilines is 1. The first-order valence-electron chi connectivity index (χ1n) is 10.7. The highest BCUT2D eigenvalue weighted by atomic mass is 14.5. The standard InChI is InChI=1S/C19H29N.C3H6.2C2H6/c1-5-8-16(6-2)19(10-7-9-15(3)4)17-11-13-18(20)14-12-17;1-3-2;2*1-2/h5-6,8,11-15,19H,7,9-10,20H2,1-4H3;3H,1H2,2H3;2*1-2H3/b8-5-,16-6+;;;. The summed E-state index contributed by atoms with van der Waals surface area (Å²) >= 11 is 0. The molecule has 0 aliphatic rings. The lowest BCUT2D eigenvalue weighted by Crippen LogP contribution is -2.03. The Hall–Kier alpha value is -1.76. The van der Waals surface area contributed by atoms with Gasteiger partial charge in [0.05, 0.1) is 0 Å². The van der Waals surface area contributed by atoms with Gasteiger partial charge in [0.1, 0.15) is 0 Å². The summed E-state index contributed by atoms with van der Waals surface area (Å²) < 4.78 is 0. The van der Waals surface area contributed by atoms with Crippen molar-refractivity contribution in [2.45, 2.75) is 87.5 Å². The quantitative estimate of drug-likeness (QED) is 0.288. The summed E-state index contributed by atoms with van der Waals surface area (Å²) in [5, 5.41) is 0. The van der Waals surface area contributed by atoms with Crippen LogP contribution >= 0.6 is 0 Å². The Labute approximate surface area is 171 Å². The molecule has 0 amide bonds. The van der Waals surface area contributed by atoms with Crippen LogP contribution in [0.1, 0.15) is 93.1 Å². The molecule has 1 atom stereocenters. The van der Waals surface area contributed by atoms with Crippen LogP contribution in [-0.4, -0.2) is 0 Å². The number of nitrogen functional groups attached to an aromatic ring is 1. The summed E-state index contributed by atoms with van der Waals surface area (Å²) in [5.74, 6) is 1.26. The average molecular weight is 374 g/mol. The third-order valence-corrected chi connectivity index (χ3v) is 3.71. The van der Waals surface area contributed by atoms with Gasteiger partial charge in [-0.2, -0.15) is 0 Å². The molecular formula is C26H47N. The molecular weight excluding hydrogens is 326 g/mol. The van der Waals surface area contributed by atoms with Crippen LogP contribution in [0.2, 0.25) is 0 Å². The van der Waals surface area contributed by atoms with Crippen LogP contribution < -0.4 is 5.73 Å². The first-order valence-corrected chi connectivity index (χ1v) is 10.7. The summed E-state index contributed by atoms with van der Waals surface area (Å²) in [7, 11) is 0. The normalized spacial score (nSPS) is 11.4. The van der Waals surface area contributed by atoms with Crippen LogP contribution in [-0.2, 0) is 0 Å². The van der Waals surface area contributed by atoms with Crippen molar-refractivity contribution in [1.82, 2.24) is 0 Å². The SMILES string of the molecule is C/C=C\C(=C/C)C(CCCC(C)C)c1ccc(N)cc1.C=CC.CC.CC. The Kier molecular flexibility index (Phi) is 24.7. The van der Waals surface area contributed by atoms with Gasteiger partial charge in [-0.05, 0) is 56.4 Å². The number of nitrogens with two attached hydrogens (primary N) is 1. The third kappa shape index (κ3) is 16.2. The smallest absolute Gasteiger partial charge is 0.0314 e. The van der Waals surface area contributed by atoms with Crippen LogP contribution in [0, 0.1) is 5.92 Å². The molecule has 0 aliphatic heterocycles. The lowest BCUT2D eigenvalue weighted by atomic mass is 9.85. The zero-order valence-corrected chi connectivity index (χ0v) is 19.7. The lowest BCUT2D eigenvalue weighted by molar-refractivity contribution is 0.520. The maximum Gasteiger partial charge on any atom is 0.0314 e. The van der Waals surface area contributed by atoms with Crippen molar-refractivity contribution in [3.05, 3.63) is 66.3 Å².